The lowest BCUT2D eigenvalue weighted by Gasteiger charge is -2.33. The number of nitrogens with zero attached hydrogens (tertiary/aromatic N) is 1. The highest BCUT2D eigenvalue weighted by atomic mass is 15.1. The zero-order chi connectivity index (χ0) is 12.9. The Balaban J connectivity index is 0.000000330. The zero-order valence-electron chi connectivity index (χ0n) is 12.1. The normalized spacial score (nSPS) is 18.3. The quantitative estimate of drug-likeness (QED) is 0.637. The third-order valence-corrected chi connectivity index (χ3v) is 3.50. The van der Waals surface area contributed by atoms with Gasteiger partial charge in [0.05, 0.1) is 0 Å². The van der Waals surface area contributed by atoms with Crippen LogP contribution in [0.5, 0.6) is 0 Å². The zero-order valence-corrected chi connectivity index (χ0v) is 12.1. The first-order chi connectivity index (χ1) is 8.29. The van der Waals surface area contributed by atoms with Gasteiger partial charge in [0, 0.05) is 19.3 Å². The molecule has 1 aromatic rings. The van der Waals surface area contributed by atoms with Crippen molar-refractivity contribution < 1.29 is 0 Å². The highest BCUT2D eigenvalue weighted by molar-refractivity contribution is 5.56. The SMILES string of the molecule is CC.CC.CN1CC2(CC2)Cc2ccccc21. The van der Waals surface area contributed by atoms with Crippen molar-refractivity contribution in [2.75, 3.05) is 18.5 Å². The van der Waals surface area contributed by atoms with Crippen molar-refractivity contribution >= 4 is 5.69 Å². The van der Waals surface area contributed by atoms with E-state index in [1.165, 1.54) is 31.5 Å². The number of rotatable bonds is 0. The molecule has 1 nitrogen and oxygen atoms in total. The fourth-order valence-corrected chi connectivity index (χ4v) is 2.59. The van der Waals surface area contributed by atoms with Gasteiger partial charge in [-0.2, -0.15) is 0 Å². The summed E-state index contributed by atoms with van der Waals surface area (Å²) < 4.78 is 0. The summed E-state index contributed by atoms with van der Waals surface area (Å²) in [5, 5.41) is 0. The van der Waals surface area contributed by atoms with Crippen molar-refractivity contribution in [1.29, 1.82) is 0 Å². The van der Waals surface area contributed by atoms with Crippen LogP contribution in [-0.4, -0.2) is 13.6 Å². The van der Waals surface area contributed by atoms with Crippen molar-refractivity contribution in [3.63, 3.8) is 0 Å². The maximum atomic E-state index is 2.42. The van der Waals surface area contributed by atoms with Crippen LogP contribution in [0.15, 0.2) is 24.3 Å². The number of para-hydroxylation sites is 1. The van der Waals surface area contributed by atoms with Crippen molar-refractivity contribution in [3.8, 4) is 0 Å². The van der Waals surface area contributed by atoms with Gasteiger partial charge in [-0.05, 0) is 36.3 Å². The van der Waals surface area contributed by atoms with Gasteiger partial charge in [0.1, 0.15) is 0 Å². The number of hydrogen-bond acceptors (Lipinski definition) is 1. The summed E-state index contributed by atoms with van der Waals surface area (Å²) in [7, 11) is 2.22. The van der Waals surface area contributed by atoms with E-state index in [0.717, 1.165) is 0 Å². The summed E-state index contributed by atoms with van der Waals surface area (Å²) in [5.74, 6) is 0. The predicted molar refractivity (Wildman–Crippen MR) is 77.8 cm³/mol. The minimum Gasteiger partial charge on any atom is -0.374 e. The molecule has 1 fully saturated rings. The van der Waals surface area contributed by atoms with E-state index in [2.05, 4.69) is 36.2 Å². The summed E-state index contributed by atoms with van der Waals surface area (Å²) in [6.45, 7) is 9.27. The van der Waals surface area contributed by atoms with Crippen molar-refractivity contribution in [2.24, 2.45) is 5.41 Å². The molecule has 0 atom stereocenters. The minimum absolute atomic E-state index is 0.670. The topological polar surface area (TPSA) is 3.24 Å². The van der Waals surface area contributed by atoms with Crippen LogP contribution in [0, 0.1) is 5.41 Å². The third-order valence-electron chi connectivity index (χ3n) is 3.50. The van der Waals surface area contributed by atoms with Gasteiger partial charge in [-0.3, -0.25) is 0 Å². The molecular formula is C16H27N. The third kappa shape index (κ3) is 3.02. The molecule has 1 heterocycles. The second-order valence-corrected chi connectivity index (χ2v) is 4.66. The molecular weight excluding hydrogens is 206 g/mol. The Kier molecular flexibility index (Phi) is 5.04. The molecule has 2 aliphatic rings. The van der Waals surface area contributed by atoms with E-state index in [9.17, 15) is 0 Å². The van der Waals surface area contributed by atoms with Crippen LogP contribution in [0.1, 0.15) is 46.1 Å². The monoisotopic (exact) mass is 233 g/mol. The van der Waals surface area contributed by atoms with Crippen molar-refractivity contribution in [1.82, 2.24) is 0 Å². The molecule has 0 bridgehead atoms. The first kappa shape index (κ1) is 14.1. The Hall–Kier alpha value is -0.980. The van der Waals surface area contributed by atoms with E-state index in [4.69, 9.17) is 0 Å². The standard InChI is InChI=1S/C12H15N.2C2H6/c1-13-9-12(6-7-12)8-10-4-2-3-5-11(10)13;2*1-2/h2-5H,6-9H2,1H3;2*1-2H3. The summed E-state index contributed by atoms with van der Waals surface area (Å²) in [4.78, 5) is 2.42. The maximum absolute atomic E-state index is 2.42. The molecule has 0 N–H and O–H groups in total. The molecule has 1 aromatic carbocycles. The molecule has 0 amide bonds. The largest absolute Gasteiger partial charge is 0.374 e. The van der Waals surface area contributed by atoms with Crippen molar-refractivity contribution in [3.05, 3.63) is 29.8 Å². The smallest absolute Gasteiger partial charge is 0.0396 e. The van der Waals surface area contributed by atoms with E-state index in [1.54, 1.807) is 5.56 Å². The Labute approximate surface area is 107 Å². The minimum atomic E-state index is 0.670. The summed E-state index contributed by atoms with van der Waals surface area (Å²) in [6.07, 6.45) is 4.19. The molecule has 1 spiro atoms. The Morgan fingerprint density at radius 3 is 2.18 bits per heavy atom. The molecule has 1 heteroatoms. The van der Waals surface area contributed by atoms with Gasteiger partial charge < -0.3 is 4.90 Å². The molecule has 1 aliphatic carbocycles. The van der Waals surface area contributed by atoms with Crippen LogP contribution in [0.4, 0.5) is 5.69 Å². The van der Waals surface area contributed by atoms with Gasteiger partial charge in [0.2, 0.25) is 0 Å². The number of benzene rings is 1. The average molecular weight is 233 g/mol. The number of hydrogen-bond donors (Lipinski definition) is 0. The first-order valence-corrected chi connectivity index (χ1v) is 7.08. The van der Waals surface area contributed by atoms with Crippen LogP contribution in [-0.2, 0) is 6.42 Å². The molecule has 0 aromatic heterocycles. The highest BCUT2D eigenvalue weighted by Gasteiger charge is 2.46. The molecule has 0 radical (unpaired) electrons. The maximum Gasteiger partial charge on any atom is 0.0396 e. The molecule has 17 heavy (non-hydrogen) atoms. The molecule has 0 unspecified atom stereocenters. The fraction of sp³-hybridized carbons (Fsp3) is 0.625. The molecule has 1 aliphatic heterocycles. The lowest BCUT2D eigenvalue weighted by Crippen LogP contribution is -2.33. The van der Waals surface area contributed by atoms with Crippen LogP contribution >= 0.6 is 0 Å². The molecule has 0 saturated heterocycles. The van der Waals surface area contributed by atoms with Crippen LogP contribution in [0.25, 0.3) is 0 Å². The molecule has 1 saturated carbocycles. The summed E-state index contributed by atoms with van der Waals surface area (Å²) >= 11 is 0. The van der Waals surface area contributed by atoms with E-state index >= 15 is 0 Å². The Morgan fingerprint density at radius 1 is 1.00 bits per heavy atom. The second-order valence-electron chi connectivity index (χ2n) is 4.66. The lowest BCUT2D eigenvalue weighted by molar-refractivity contribution is 0.487. The van der Waals surface area contributed by atoms with Crippen molar-refractivity contribution in [2.45, 2.75) is 47.0 Å². The Morgan fingerprint density at radius 2 is 1.59 bits per heavy atom. The van der Waals surface area contributed by atoms with E-state index in [1.807, 2.05) is 27.7 Å². The molecule has 3 rings (SSSR count). The second kappa shape index (κ2) is 6.09. The lowest BCUT2D eigenvalue weighted by atomic mass is 9.90. The van der Waals surface area contributed by atoms with E-state index in [0.29, 0.717) is 5.41 Å². The van der Waals surface area contributed by atoms with Crippen LogP contribution in [0.2, 0.25) is 0 Å². The van der Waals surface area contributed by atoms with Gasteiger partial charge in [-0.1, -0.05) is 45.9 Å². The number of anilines is 1. The average Bonchev–Trinajstić information content (AvgIpc) is 3.13. The van der Waals surface area contributed by atoms with Gasteiger partial charge in [-0.15, -0.1) is 0 Å². The first-order valence-electron chi connectivity index (χ1n) is 7.08. The summed E-state index contributed by atoms with van der Waals surface area (Å²) in [6, 6.07) is 8.82. The van der Waals surface area contributed by atoms with E-state index in [-0.39, 0.29) is 0 Å². The highest BCUT2D eigenvalue weighted by Crippen LogP contribution is 2.52. The summed E-state index contributed by atoms with van der Waals surface area (Å²) in [5.41, 5.74) is 3.66. The van der Waals surface area contributed by atoms with Gasteiger partial charge in [-0.25, -0.2) is 0 Å². The van der Waals surface area contributed by atoms with Gasteiger partial charge >= 0.3 is 0 Å². The van der Waals surface area contributed by atoms with Gasteiger partial charge in [0.25, 0.3) is 0 Å². The van der Waals surface area contributed by atoms with Crippen LogP contribution in [0.3, 0.4) is 0 Å². The predicted octanol–water partition coefficient (Wildman–Crippen LogP) is 4.51. The number of fused-ring (bicyclic) bond motifs is 1. The van der Waals surface area contributed by atoms with Gasteiger partial charge in [0.15, 0.2) is 0 Å². The van der Waals surface area contributed by atoms with E-state index < -0.39 is 0 Å². The fourth-order valence-electron chi connectivity index (χ4n) is 2.59. The Bertz CT molecular complexity index is 339. The van der Waals surface area contributed by atoms with Crippen LogP contribution < -0.4 is 4.90 Å². The molecule has 96 valence electrons.